The van der Waals surface area contributed by atoms with Gasteiger partial charge in [0.15, 0.2) is 0 Å². The predicted molar refractivity (Wildman–Crippen MR) is 85.3 cm³/mol. The van der Waals surface area contributed by atoms with E-state index < -0.39 is 0 Å². The highest BCUT2D eigenvalue weighted by Gasteiger charge is 2.25. The van der Waals surface area contributed by atoms with Gasteiger partial charge in [-0.2, -0.15) is 0 Å². The van der Waals surface area contributed by atoms with Crippen molar-refractivity contribution in [2.45, 2.75) is 45.8 Å². The average molecular weight is 342 g/mol. The second-order valence-electron chi connectivity index (χ2n) is 5.68. The van der Waals surface area contributed by atoms with E-state index >= 15 is 0 Å². The minimum absolute atomic E-state index is 0.0162. The van der Waals surface area contributed by atoms with Crippen LogP contribution in [0.3, 0.4) is 0 Å². The Hall–Kier alpha value is -0.580. The largest absolute Gasteiger partial charge is 0.493 e. The fraction of sp³-hybridized carbons (Fsp3) is 0.625. The molecule has 1 heterocycles. The van der Waals surface area contributed by atoms with Crippen molar-refractivity contribution in [1.29, 1.82) is 0 Å². The molecule has 2 rings (SSSR count). The van der Waals surface area contributed by atoms with Crippen LogP contribution in [0.4, 0.5) is 0 Å². The lowest BCUT2D eigenvalue weighted by Gasteiger charge is -2.27. The second kappa shape index (κ2) is 6.92. The molecule has 1 aromatic carbocycles. The summed E-state index contributed by atoms with van der Waals surface area (Å²) in [6.07, 6.45) is 1.84. The summed E-state index contributed by atoms with van der Waals surface area (Å²) in [4.78, 5) is 0. The van der Waals surface area contributed by atoms with Crippen molar-refractivity contribution in [3.05, 3.63) is 27.7 Å². The van der Waals surface area contributed by atoms with E-state index in [4.69, 9.17) is 15.2 Å². The summed E-state index contributed by atoms with van der Waals surface area (Å²) >= 11 is 3.57. The Morgan fingerprint density at radius 1 is 1.40 bits per heavy atom. The normalized spacial score (nSPS) is 16.9. The summed E-state index contributed by atoms with van der Waals surface area (Å²) in [5.74, 6) is 1.44. The smallest absolute Gasteiger partial charge is 0.125 e. The van der Waals surface area contributed by atoms with Crippen LogP contribution >= 0.6 is 15.9 Å². The van der Waals surface area contributed by atoms with E-state index in [0.29, 0.717) is 12.5 Å². The number of ether oxygens (including phenoxy) is 2. The molecule has 0 bridgehead atoms. The highest BCUT2D eigenvalue weighted by Crippen LogP contribution is 2.34. The zero-order valence-corrected chi connectivity index (χ0v) is 14.1. The molecular formula is C16H24BrNO2. The van der Waals surface area contributed by atoms with Crippen LogP contribution in [0, 0.1) is 5.92 Å². The summed E-state index contributed by atoms with van der Waals surface area (Å²) in [5, 5.41) is 0. The minimum atomic E-state index is -0.0162. The van der Waals surface area contributed by atoms with Gasteiger partial charge in [-0.1, -0.05) is 29.8 Å². The van der Waals surface area contributed by atoms with E-state index in [9.17, 15) is 0 Å². The van der Waals surface area contributed by atoms with Gasteiger partial charge in [-0.05, 0) is 42.5 Å². The summed E-state index contributed by atoms with van der Waals surface area (Å²) < 4.78 is 12.7. The van der Waals surface area contributed by atoms with Gasteiger partial charge < -0.3 is 15.2 Å². The molecule has 0 aromatic heterocycles. The first kappa shape index (κ1) is 15.8. The Balaban J connectivity index is 2.17. The third-order valence-corrected chi connectivity index (χ3v) is 4.18. The molecule has 1 aliphatic heterocycles. The summed E-state index contributed by atoms with van der Waals surface area (Å²) in [5.41, 5.74) is 8.85. The highest BCUT2D eigenvalue weighted by molar-refractivity contribution is 9.10. The molecule has 0 fully saturated rings. The molecule has 0 amide bonds. The zero-order chi connectivity index (χ0) is 14.7. The van der Waals surface area contributed by atoms with E-state index in [1.54, 1.807) is 0 Å². The zero-order valence-electron chi connectivity index (χ0n) is 12.5. The van der Waals surface area contributed by atoms with Crippen LogP contribution in [0.25, 0.3) is 0 Å². The van der Waals surface area contributed by atoms with Crippen molar-refractivity contribution in [3.8, 4) is 5.75 Å². The molecule has 0 spiro atoms. The molecule has 2 unspecified atom stereocenters. The highest BCUT2D eigenvalue weighted by atomic mass is 79.9. The lowest BCUT2D eigenvalue weighted by Crippen LogP contribution is -2.42. The lowest BCUT2D eigenvalue weighted by molar-refractivity contribution is 0.0127. The number of nitrogens with two attached hydrogens (primary N) is 1. The molecular weight excluding hydrogens is 318 g/mol. The van der Waals surface area contributed by atoms with E-state index in [-0.39, 0.29) is 12.1 Å². The van der Waals surface area contributed by atoms with E-state index in [2.05, 4.69) is 41.9 Å². The van der Waals surface area contributed by atoms with Crippen LogP contribution in [0.1, 0.15) is 31.9 Å². The van der Waals surface area contributed by atoms with Gasteiger partial charge in [-0.3, -0.25) is 0 Å². The van der Waals surface area contributed by atoms with Gasteiger partial charge in [0.25, 0.3) is 0 Å². The summed E-state index contributed by atoms with van der Waals surface area (Å²) in [6, 6.07) is 4.24. The summed E-state index contributed by atoms with van der Waals surface area (Å²) in [6.45, 7) is 7.79. The number of halogens is 1. The van der Waals surface area contributed by atoms with E-state index in [1.807, 2.05) is 6.92 Å². The molecule has 0 saturated carbocycles. The Morgan fingerprint density at radius 2 is 2.15 bits per heavy atom. The fourth-order valence-corrected chi connectivity index (χ4v) is 3.42. The number of hydrogen-bond donors (Lipinski definition) is 1. The maximum absolute atomic E-state index is 6.39. The molecule has 20 heavy (non-hydrogen) atoms. The Bertz CT molecular complexity index is 462. The molecule has 0 radical (unpaired) electrons. The first-order valence-electron chi connectivity index (χ1n) is 7.34. The van der Waals surface area contributed by atoms with Crippen LogP contribution < -0.4 is 10.5 Å². The van der Waals surface area contributed by atoms with Crippen molar-refractivity contribution in [3.63, 3.8) is 0 Å². The molecule has 2 N–H and O–H groups in total. The molecule has 0 saturated heterocycles. The average Bonchev–Trinajstić information content (AvgIpc) is 2.83. The molecule has 112 valence electrons. The van der Waals surface area contributed by atoms with Gasteiger partial charge in [0.2, 0.25) is 0 Å². The van der Waals surface area contributed by atoms with Crippen molar-refractivity contribution in [2.24, 2.45) is 11.7 Å². The maximum atomic E-state index is 6.39. The first-order valence-corrected chi connectivity index (χ1v) is 8.13. The van der Waals surface area contributed by atoms with Crippen molar-refractivity contribution < 1.29 is 9.47 Å². The second-order valence-corrected chi connectivity index (χ2v) is 6.60. The standard InChI is InChI=1S/C16H24BrNO2/c1-4-19-15(10(2)3)14(18)9-12-8-13(17)7-11-5-6-20-16(11)12/h7-8,10,14-15H,4-6,9,18H2,1-3H3. The number of hydrogen-bond acceptors (Lipinski definition) is 3. The van der Waals surface area contributed by atoms with Crippen LogP contribution in [-0.2, 0) is 17.6 Å². The van der Waals surface area contributed by atoms with Crippen LogP contribution in [0.5, 0.6) is 5.75 Å². The number of fused-ring (bicyclic) bond motifs is 1. The topological polar surface area (TPSA) is 44.5 Å². The molecule has 3 nitrogen and oxygen atoms in total. The third-order valence-electron chi connectivity index (χ3n) is 3.72. The number of benzene rings is 1. The van der Waals surface area contributed by atoms with Gasteiger partial charge in [-0.15, -0.1) is 0 Å². The van der Waals surface area contributed by atoms with E-state index in [0.717, 1.165) is 29.7 Å². The monoisotopic (exact) mass is 341 g/mol. The Labute approximate surface area is 130 Å². The van der Waals surface area contributed by atoms with Crippen molar-refractivity contribution in [2.75, 3.05) is 13.2 Å². The van der Waals surface area contributed by atoms with E-state index in [1.165, 1.54) is 11.1 Å². The van der Waals surface area contributed by atoms with Gasteiger partial charge in [0, 0.05) is 23.5 Å². The molecule has 1 aliphatic rings. The molecule has 0 aliphatic carbocycles. The van der Waals surface area contributed by atoms with Gasteiger partial charge in [-0.25, -0.2) is 0 Å². The van der Waals surface area contributed by atoms with Crippen molar-refractivity contribution >= 4 is 15.9 Å². The van der Waals surface area contributed by atoms with Crippen LogP contribution in [0.2, 0.25) is 0 Å². The predicted octanol–water partition coefficient (Wildman–Crippen LogP) is 3.31. The lowest BCUT2D eigenvalue weighted by atomic mass is 9.93. The third kappa shape index (κ3) is 3.54. The summed E-state index contributed by atoms with van der Waals surface area (Å²) in [7, 11) is 0. The van der Waals surface area contributed by atoms with Gasteiger partial charge in [0.1, 0.15) is 5.75 Å². The first-order chi connectivity index (χ1) is 9.52. The molecule has 1 aromatic rings. The van der Waals surface area contributed by atoms with Crippen LogP contribution in [-0.4, -0.2) is 25.4 Å². The number of rotatable bonds is 6. The van der Waals surface area contributed by atoms with Crippen LogP contribution in [0.15, 0.2) is 16.6 Å². The quantitative estimate of drug-likeness (QED) is 0.863. The SMILES string of the molecule is CCOC(C(C)C)C(N)Cc1cc(Br)cc2c1OCC2. The Kier molecular flexibility index (Phi) is 5.47. The van der Waals surface area contributed by atoms with Gasteiger partial charge >= 0.3 is 0 Å². The minimum Gasteiger partial charge on any atom is -0.493 e. The Morgan fingerprint density at radius 3 is 2.80 bits per heavy atom. The molecule has 4 heteroatoms. The van der Waals surface area contributed by atoms with Gasteiger partial charge in [0.05, 0.1) is 12.7 Å². The maximum Gasteiger partial charge on any atom is 0.125 e. The molecule has 2 atom stereocenters. The fourth-order valence-electron chi connectivity index (χ4n) is 2.87. The van der Waals surface area contributed by atoms with Crippen molar-refractivity contribution in [1.82, 2.24) is 0 Å².